The first-order valence-corrected chi connectivity index (χ1v) is 5.97. The first-order chi connectivity index (χ1) is 8.37. The molecule has 0 bridgehead atoms. The van der Waals surface area contributed by atoms with Gasteiger partial charge >= 0.3 is 0 Å². The first-order valence-electron chi connectivity index (χ1n) is 5.97. The number of rotatable bonds is 0. The summed E-state index contributed by atoms with van der Waals surface area (Å²) in [4.78, 5) is 0. The third-order valence-corrected chi connectivity index (χ3v) is 3.75. The molecule has 0 unspecified atom stereocenters. The Hall–Kier alpha value is -2.08. The van der Waals surface area contributed by atoms with Gasteiger partial charge in [-0.2, -0.15) is 0 Å². The van der Waals surface area contributed by atoms with Crippen molar-refractivity contribution in [1.29, 1.82) is 0 Å². The van der Waals surface area contributed by atoms with Gasteiger partial charge in [-0.15, -0.1) is 0 Å². The molecule has 0 atom stereocenters. The summed E-state index contributed by atoms with van der Waals surface area (Å²) in [6.45, 7) is 0. The van der Waals surface area contributed by atoms with E-state index in [1.807, 2.05) is 0 Å². The van der Waals surface area contributed by atoms with Gasteiger partial charge in [0.2, 0.25) is 0 Å². The summed E-state index contributed by atoms with van der Waals surface area (Å²) in [6.07, 6.45) is 9.27. The number of fused-ring (bicyclic) bond motifs is 3. The fourth-order valence-electron chi connectivity index (χ4n) is 2.94. The molecule has 0 fully saturated rings. The van der Waals surface area contributed by atoms with Crippen molar-refractivity contribution in [1.82, 2.24) is 0 Å². The smallest absolute Gasteiger partial charge is 0.0520 e. The molecule has 2 aliphatic carbocycles. The van der Waals surface area contributed by atoms with Gasteiger partial charge in [0.25, 0.3) is 0 Å². The summed E-state index contributed by atoms with van der Waals surface area (Å²) in [5, 5.41) is 2.68. The van der Waals surface area contributed by atoms with E-state index >= 15 is 0 Å². The topological polar surface area (TPSA) is 0 Å². The van der Waals surface area contributed by atoms with Crippen molar-refractivity contribution < 1.29 is 0 Å². The van der Waals surface area contributed by atoms with E-state index in [-0.39, 0.29) is 5.41 Å². The molecule has 0 saturated carbocycles. The highest BCUT2D eigenvalue weighted by atomic mass is 14.3. The maximum Gasteiger partial charge on any atom is 0.0520 e. The van der Waals surface area contributed by atoms with Gasteiger partial charge in [-0.05, 0) is 21.6 Å². The first kappa shape index (κ1) is 9.00. The quantitative estimate of drug-likeness (QED) is 0.633. The molecule has 0 aliphatic heterocycles. The molecule has 80 valence electrons. The van der Waals surface area contributed by atoms with Crippen LogP contribution in [-0.4, -0.2) is 0 Å². The molecule has 0 amide bonds. The van der Waals surface area contributed by atoms with Crippen molar-refractivity contribution in [3.8, 4) is 0 Å². The van der Waals surface area contributed by atoms with Crippen molar-refractivity contribution in [2.24, 2.45) is 0 Å². The van der Waals surface area contributed by atoms with Crippen molar-refractivity contribution in [3.63, 3.8) is 0 Å². The molecule has 0 heterocycles. The lowest BCUT2D eigenvalue weighted by atomic mass is 9.84. The lowest BCUT2D eigenvalue weighted by Gasteiger charge is -2.18. The zero-order valence-corrected chi connectivity index (χ0v) is 9.43. The van der Waals surface area contributed by atoms with E-state index in [0.717, 1.165) is 0 Å². The molecular formula is C17H12. The minimum Gasteiger partial charge on any atom is -0.0657 e. The number of benzene rings is 2. The number of allylic oxidation sites excluding steroid dienone is 1. The van der Waals surface area contributed by atoms with Crippen molar-refractivity contribution in [3.05, 3.63) is 76.2 Å². The van der Waals surface area contributed by atoms with Crippen LogP contribution in [0.1, 0.15) is 11.1 Å². The molecule has 2 aliphatic rings. The predicted octanol–water partition coefficient (Wildman–Crippen LogP) is 2.23. The van der Waals surface area contributed by atoms with Gasteiger partial charge in [0, 0.05) is 0 Å². The van der Waals surface area contributed by atoms with Crippen molar-refractivity contribution >= 4 is 18.2 Å². The summed E-state index contributed by atoms with van der Waals surface area (Å²) in [7, 11) is 0. The summed E-state index contributed by atoms with van der Waals surface area (Å²) in [5.41, 5.74) is 2.74. The van der Waals surface area contributed by atoms with Gasteiger partial charge in [-0.25, -0.2) is 0 Å². The monoisotopic (exact) mass is 216 g/mol. The zero-order chi connectivity index (χ0) is 11.3. The van der Waals surface area contributed by atoms with Crippen LogP contribution in [0.15, 0.2) is 54.6 Å². The maximum absolute atomic E-state index is 2.37. The minimum absolute atomic E-state index is 0.000278. The Bertz CT molecular complexity index is 713. The fourth-order valence-corrected chi connectivity index (χ4v) is 2.94. The summed E-state index contributed by atoms with van der Waals surface area (Å²) < 4.78 is 0. The van der Waals surface area contributed by atoms with E-state index in [1.165, 1.54) is 21.6 Å². The molecule has 0 N–H and O–H groups in total. The molecule has 0 radical (unpaired) electrons. The number of hydrogen-bond acceptors (Lipinski definition) is 0. The Morgan fingerprint density at radius 1 is 0.706 bits per heavy atom. The van der Waals surface area contributed by atoms with Crippen LogP contribution in [0.5, 0.6) is 0 Å². The molecule has 2 aromatic rings. The molecule has 17 heavy (non-hydrogen) atoms. The molecule has 2 aromatic carbocycles. The predicted molar refractivity (Wildman–Crippen MR) is 71.8 cm³/mol. The third kappa shape index (κ3) is 1.13. The van der Waals surface area contributed by atoms with E-state index in [9.17, 15) is 0 Å². The standard InChI is InChI=1S/C17H12/c1-2-7-15-12-17(11-14(15)6-1)10-9-13-5-3-4-8-16(13)17/h1-12H. The molecule has 0 saturated heterocycles. The van der Waals surface area contributed by atoms with Crippen LogP contribution in [0.4, 0.5) is 0 Å². The second kappa shape index (κ2) is 2.98. The van der Waals surface area contributed by atoms with Crippen LogP contribution in [0.3, 0.4) is 0 Å². The van der Waals surface area contributed by atoms with Crippen LogP contribution in [0.2, 0.25) is 0 Å². The van der Waals surface area contributed by atoms with Gasteiger partial charge in [0.15, 0.2) is 0 Å². The highest BCUT2D eigenvalue weighted by molar-refractivity contribution is 5.81. The van der Waals surface area contributed by atoms with Crippen LogP contribution in [0, 0.1) is 0 Å². The Kier molecular flexibility index (Phi) is 1.58. The number of hydrogen-bond donors (Lipinski definition) is 0. The second-order valence-electron chi connectivity index (χ2n) is 4.77. The molecule has 1 spiro atoms. The summed E-state index contributed by atoms with van der Waals surface area (Å²) in [5.74, 6) is 0. The molecular weight excluding hydrogens is 204 g/mol. The summed E-state index contributed by atoms with van der Waals surface area (Å²) >= 11 is 0. The molecule has 0 aromatic heterocycles. The largest absolute Gasteiger partial charge is 0.0657 e. The van der Waals surface area contributed by atoms with Crippen molar-refractivity contribution in [2.75, 3.05) is 0 Å². The Morgan fingerprint density at radius 3 is 2.12 bits per heavy atom. The van der Waals surface area contributed by atoms with Crippen LogP contribution in [-0.2, 0) is 5.41 Å². The van der Waals surface area contributed by atoms with Gasteiger partial charge in [-0.3, -0.25) is 0 Å². The highest BCUT2D eigenvalue weighted by Gasteiger charge is 2.31. The maximum atomic E-state index is 2.37. The molecule has 4 rings (SSSR count). The Balaban J connectivity index is 2.06. The van der Waals surface area contributed by atoms with Crippen LogP contribution >= 0.6 is 0 Å². The van der Waals surface area contributed by atoms with E-state index in [0.29, 0.717) is 0 Å². The summed E-state index contributed by atoms with van der Waals surface area (Å²) in [6, 6.07) is 17.2. The average molecular weight is 216 g/mol. The fraction of sp³-hybridized carbons (Fsp3) is 0.0588. The van der Waals surface area contributed by atoms with Gasteiger partial charge in [0.1, 0.15) is 0 Å². The lowest BCUT2D eigenvalue weighted by molar-refractivity contribution is 0.999. The van der Waals surface area contributed by atoms with E-state index in [4.69, 9.17) is 0 Å². The molecule has 0 heteroatoms. The van der Waals surface area contributed by atoms with Crippen molar-refractivity contribution in [2.45, 2.75) is 5.41 Å². The van der Waals surface area contributed by atoms with Gasteiger partial charge in [0.05, 0.1) is 5.41 Å². The molecule has 0 nitrogen and oxygen atoms in total. The SMILES string of the molecule is C1=CC2(C=c3ccccc3=C2)c2ccccc21. The zero-order valence-electron chi connectivity index (χ0n) is 9.43. The second-order valence-corrected chi connectivity index (χ2v) is 4.77. The van der Waals surface area contributed by atoms with Gasteiger partial charge < -0.3 is 0 Å². The van der Waals surface area contributed by atoms with E-state index in [1.54, 1.807) is 0 Å². The van der Waals surface area contributed by atoms with E-state index < -0.39 is 0 Å². The minimum atomic E-state index is 0.000278. The van der Waals surface area contributed by atoms with Crippen LogP contribution < -0.4 is 10.4 Å². The Morgan fingerprint density at radius 2 is 1.35 bits per heavy atom. The normalized spacial score (nSPS) is 17.4. The van der Waals surface area contributed by atoms with Crippen LogP contribution in [0.25, 0.3) is 18.2 Å². The average Bonchev–Trinajstić information content (AvgIpc) is 2.92. The van der Waals surface area contributed by atoms with E-state index in [2.05, 4.69) is 72.8 Å². The third-order valence-electron chi connectivity index (χ3n) is 3.75. The van der Waals surface area contributed by atoms with Gasteiger partial charge in [-0.1, -0.05) is 72.8 Å². The highest BCUT2D eigenvalue weighted by Crippen LogP contribution is 2.39. The Labute approximate surface area is 100 Å². The lowest BCUT2D eigenvalue weighted by Crippen LogP contribution is -2.19.